The molecule has 0 aromatic rings. The summed E-state index contributed by atoms with van der Waals surface area (Å²) in [4.78, 5) is 0. The Bertz CT molecular complexity index is 267. The Morgan fingerprint density at radius 1 is 1.35 bits per heavy atom. The second-order valence-electron chi connectivity index (χ2n) is 6.83. The van der Waals surface area contributed by atoms with Crippen molar-refractivity contribution in [2.24, 2.45) is 17.1 Å². The van der Waals surface area contributed by atoms with E-state index in [4.69, 9.17) is 10.5 Å². The van der Waals surface area contributed by atoms with Crippen LogP contribution in [0.25, 0.3) is 0 Å². The third-order valence-electron chi connectivity index (χ3n) is 4.83. The van der Waals surface area contributed by atoms with Crippen LogP contribution in [0.3, 0.4) is 0 Å². The van der Waals surface area contributed by atoms with E-state index in [1.54, 1.807) is 0 Å². The van der Waals surface area contributed by atoms with Crippen LogP contribution in [-0.4, -0.2) is 31.3 Å². The van der Waals surface area contributed by atoms with Crippen LogP contribution in [0.15, 0.2) is 0 Å². The van der Waals surface area contributed by atoms with E-state index in [1.807, 2.05) is 0 Å². The van der Waals surface area contributed by atoms with Crippen molar-refractivity contribution in [2.75, 3.05) is 19.8 Å². The van der Waals surface area contributed by atoms with E-state index in [9.17, 15) is 0 Å². The third-order valence-corrected chi connectivity index (χ3v) is 4.83. The number of nitrogens with one attached hydrogen (secondary N) is 1. The molecule has 1 saturated carbocycles. The fraction of sp³-hybridized carbons (Fsp3) is 1.00. The molecule has 3 heteroatoms. The van der Waals surface area contributed by atoms with Gasteiger partial charge in [-0.3, -0.25) is 0 Å². The first-order valence-electron chi connectivity index (χ1n) is 7.03. The number of rotatable bonds is 3. The zero-order valence-corrected chi connectivity index (χ0v) is 11.6. The Hall–Kier alpha value is -0.120. The zero-order valence-electron chi connectivity index (χ0n) is 11.6. The summed E-state index contributed by atoms with van der Waals surface area (Å²) < 4.78 is 5.55. The molecule has 3 unspecified atom stereocenters. The topological polar surface area (TPSA) is 47.3 Å². The van der Waals surface area contributed by atoms with E-state index in [0.717, 1.165) is 26.2 Å². The molecule has 3 nitrogen and oxygen atoms in total. The normalized spacial score (nSPS) is 41.6. The lowest BCUT2D eigenvalue weighted by Gasteiger charge is -2.44. The van der Waals surface area contributed by atoms with Gasteiger partial charge in [0.2, 0.25) is 0 Å². The van der Waals surface area contributed by atoms with Crippen molar-refractivity contribution < 1.29 is 4.74 Å². The number of hydrogen-bond acceptors (Lipinski definition) is 3. The summed E-state index contributed by atoms with van der Waals surface area (Å²) in [5.74, 6) is 0.518. The molecule has 0 bridgehead atoms. The highest BCUT2D eigenvalue weighted by molar-refractivity contribution is 5.00. The summed E-state index contributed by atoms with van der Waals surface area (Å²) in [7, 11) is 0. The van der Waals surface area contributed by atoms with Gasteiger partial charge in [-0.05, 0) is 37.0 Å². The molecule has 1 aliphatic carbocycles. The minimum Gasteiger partial charge on any atom is -0.381 e. The van der Waals surface area contributed by atoms with Gasteiger partial charge in [-0.2, -0.15) is 0 Å². The van der Waals surface area contributed by atoms with Crippen molar-refractivity contribution in [3.05, 3.63) is 0 Å². The lowest BCUT2D eigenvalue weighted by Crippen LogP contribution is -2.62. The molecule has 1 aliphatic heterocycles. The maximum absolute atomic E-state index is 6.06. The van der Waals surface area contributed by atoms with E-state index in [-0.39, 0.29) is 5.54 Å². The van der Waals surface area contributed by atoms with Gasteiger partial charge >= 0.3 is 0 Å². The molecule has 100 valence electrons. The molecule has 0 aromatic heterocycles. The predicted octanol–water partition coefficient (Wildman–Crippen LogP) is 1.91. The fourth-order valence-electron chi connectivity index (χ4n) is 3.46. The summed E-state index contributed by atoms with van der Waals surface area (Å²) in [6.45, 7) is 9.44. The number of ether oxygens (including phenoxy) is 1. The lowest BCUT2D eigenvalue weighted by molar-refractivity contribution is -0.00796. The average molecular weight is 240 g/mol. The van der Waals surface area contributed by atoms with Crippen LogP contribution < -0.4 is 11.1 Å². The Morgan fingerprint density at radius 3 is 2.65 bits per heavy atom. The maximum Gasteiger partial charge on any atom is 0.0509 e. The quantitative estimate of drug-likeness (QED) is 0.792. The average Bonchev–Trinajstić information content (AvgIpc) is 2.61. The molecule has 0 radical (unpaired) electrons. The molecule has 2 aliphatic rings. The Labute approximate surface area is 105 Å². The van der Waals surface area contributed by atoms with Crippen LogP contribution in [0.5, 0.6) is 0 Å². The lowest BCUT2D eigenvalue weighted by atomic mass is 9.80. The fourth-order valence-corrected chi connectivity index (χ4v) is 3.46. The number of hydrogen-bond donors (Lipinski definition) is 2. The maximum atomic E-state index is 6.06. The van der Waals surface area contributed by atoms with Crippen molar-refractivity contribution in [1.29, 1.82) is 0 Å². The SMILES string of the molecule is CC1COCCC1(CN)NC1CCC(C)(C)C1. The van der Waals surface area contributed by atoms with Crippen LogP contribution >= 0.6 is 0 Å². The molecular formula is C14H28N2O. The van der Waals surface area contributed by atoms with Crippen molar-refractivity contribution in [3.8, 4) is 0 Å². The van der Waals surface area contributed by atoms with Gasteiger partial charge in [0, 0.05) is 24.7 Å². The van der Waals surface area contributed by atoms with Gasteiger partial charge in [-0.15, -0.1) is 0 Å². The third kappa shape index (κ3) is 2.83. The summed E-state index contributed by atoms with van der Waals surface area (Å²) in [5, 5.41) is 3.88. The second-order valence-corrected chi connectivity index (χ2v) is 6.83. The first-order valence-corrected chi connectivity index (χ1v) is 7.03. The Balaban J connectivity index is 1.99. The van der Waals surface area contributed by atoms with Gasteiger partial charge in [0.15, 0.2) is 0 Å². The van der Waals surface area contributed by atoms with E-state index in [1.165, 1.54) is 19.3 Å². The molecule has 0 spiro atoms. The first kappa shape index (κ1) is 13.3. The monoisotopic (exact) mass is 240 g/mol. The van der Waals surface area contributed by atoms with Crippen molar-refractivity contribution >= 4 is 0 Å². The summed E-state index contributed by atoms with van der Waals surface area (Å²) in [5.41, 5.74) is 6.67. The van der Waals surface area contributed by atoms with Crippen LogP contribution in [0.2, 0.25) is 0 Å². The molecule has 17 heavy (non-hydrogen) atoms. The molecule has 1 heterocycles. The van der Waals surface area contributed by atoms with Crippen LogP contribution in [0.4, 0.5) is 0 Å². The van der Waals surface area contributed by atoms with Gasteiger partial charge in [-0.25, -0.2) is 0 Å². The molecular weight excluding hydrogens is 212 g/mol. The van der Waals surface area contributed by atoms with E-state index >= 15 is 0 Å². The van der Waals surface area contributed by atoms with Gasteiger partial charge in [-0.1, -0.05) is 20.8 Å². The molecule has 2 rings (SSSR count). The summed E-state index contributed by atoms with van der Waals surface area (Å²) >= 11 is 0. The largest absolute Gasteiger partial charge is 0.381 e. The van der Waals surface area contributed by atoms with Gasteiger partial charge in [0.05, 0.1) is 6.61 Å². The molecule has 3 atom stereocenters. The van der Waals surface area contributed by atoms with Gasteiger partial charge in [0.25, 0.3) is 0 Å². The number of nitrogens with two attached hydrogens (primary N) is 1. The highest BCUT2D eigenvalue weighted by atomic mass is 16.5. The van der Waals surface area contributed by atoms with Crippen molar-refractivity contribution in [1.82, 2.24) is 5.32 Å². The molecule has 0 amide bonds. The first-order chi connectivity index (χ1) is 7.97. The Kier molecular flexibility index (Phi) is 3.81. The summed E-state index contributed by atoms with van der Waals surface area (Å²) in [6, 6.07) is 0.647. The van der Waals surface area contributed by atoms with Gasteiger partial charge in [0.1, 0.15) is 0 Å². The predicted molar refractivity (Wildman–Crippen MR) is 70.9 cm³/mol. The Morgan fingerprint density at radius 2 is 2.12 bits per heavy atom. The standard InChI is InChI=1S/C14H28N2O/c1-11-9-17-7-6-14(11,10-15)16-12-4-5-13(2,3)8-12/h11-12,16H,4-10,15H2,1-3H3. The minimum absolute atomic E-state index is 0.114. The molecule has 3 N–H and O–H groups in total. The molecule has 1 saturated heterocycles. The van der Waals surface area contributed by atoms with E-state index in [2.05, 4.69) is 26.1 Å². The van der Waals surface area contributed by atoms with E-state index in [0.29, 0.717) is 17.4 Å². The highest BCUT2D eigenvalue weighted by Gasteiger charge is 2.41. The minimum atomic E-state index is 0.114. The summed E-state index contributed by atoms with van der Waals surface area (Å²) in [6.07, 6.45) is 4.96. The van der Waals surface area contributed by atoms with Crippen molar-refractivity contribution in [2.45, 2.75) is 58.0 Å². The zero-order chi connectivity index (χ0) is 12.5. The van der Waals surface area contributed by atoms with Crippen LogP contribution in [0.1, 0.15) is 46.5 Å². The molecule has 2 fully saturated rings. The smallest absolute Gasteiger partial charge is 0.0509 e. The van der Waals surface area contributed by atoms with E-state index < -0.39 is 0 Å². The van der Waals surface area contributed by atoms with Crippen LogP contribution in [-0.2, 0) is 4.74 Å². The van der Waals surface area contributed by atoms with Crippen molar-refractivity contribution in [3.63, 3.8) is 0 Å². The van der Waals surface area contributed by atoms with Gasteiger partial charge < -0.3 is 15.8 Å². The highest BCUT2D eigenvalue weighted by Crippen LogP contribution is 2.39. The second kappa shape index (κ2) is 4.87. The molecule has 0 aromatic carbocycles. The van der Waals surface area contributed by atoms with Crippen LogP contribution in [0, 0.1) is 11.3 Å².